The molecule has 0 heterocycles. The van der Waals surface area contributed by atoms with Crippen molar-refractivity contribution in [2.24, 2.45) is 28.7 Å². The maximum Gasteiger partial charge on any atom is 0.255 e. The Bertz CT molecular complexity index is 1180. The largest absolute Gasteiger partial charge is 0.510 e. The van der Waals surface area contributed by atoms with Gasteiger partial charge in [-0.3, -0.25) is 14.4 Å². The highest BCUT2D eigenvalue weighted by Gasteiger charge is 2.58. The van der Waals surface area contributed by atoms with Crippen LogP contribution in [0.3, 0.4) is 0 Å². The van der Waals surface area contributed by atoms with Crippen LogP contribution in [0.2, 0.25) is 0 Å². The van der Waals surface area contributed by atoms with E-state index in [9.17, 15) is 29.7 Å². The second-order valence-electron chi connectivity index (χ2n) is 10.3. The Morgan fingerprint density at radius 2 is 1.83 bits per heavy atom. The first-order valence-electron chi connectivity index (χ1n) is 12.4. The number of phenols is 1. The van der Waals surface area contributed by atoms with Gasteiger partial charge in [-0.25, -0.2) is 0 Å². The van der Waals surface area contributed by atoms with Gasteiger partial charge >= 0.3 is 0 Å². The van der Waals surface area contributed by atoms with Crippen LogP contribution in [0.15, 0.2) is 23.0 Å². The second kappa shape index (κ2) is 9.15. The zero-order valence-corrected chi connectivity index (χ0v) is 20.3. The number of hydrogen-bond donors (Lipinski definition) is 5. The molecule has 7 N–H and O–H groups in total. The predicted octanol–water partition coefficient (Wildman–Crippen LogP) is 3.28. The number of rotatable bonds is 7. The van der Waals surface area contributed by atoms with E-state index in [-0.39, 0.29) is 41.5 Å². The monoisotopic (exact) mass is 482 g/mol. The fourth-order valence-corrected chi connectivity index (χ4v) is 6.21. The van der Waals surface area contributed by atoms with Gasteiger partial charge in [0.1, 0.15) is 22.8 Å². The van der Waals surface area contributed by atoms with E-state index in [0.717, 1.165) is 43.2 Å². The molecule has 8 heteroatoms. The number of unbranched alkanes of at least 4 members (excludes halogenated alkanes) is 3. The minimum atomic E-state index is -1.56. The van der Waals surface area contributed by atoms with E-state index < -0.39 is 40.1 Å². The molecule has 8 nitrogen and oxygen atoms in total. The molecule has 3 atom stereocenters. The summed E-state index contributed by atoms with van der Waals surface area (Å²) in [6.07, 6.45) is 5.74. The maximum absolute atomic E-state index is 13.8. The molecule has 35 heavy (non-hydrogen) atoms. The van der Waals surface area contributed by atoms with Gasteiger partial charge < -0.3 is 26.8 Å². The lowest BCUT2D eigenvalue weighted by molar-refractivity contribution is -0.134. The van der Waals surface area contributed by atoms with Crippen molar-refractivity contribution in [2.45, 2.75) is 71.8 Å². The minimum Gasteiger partial charge on any atom is -0.510 e. The van der Waals surface area contributed by atoms with E-state index in [1.54, 1.807) is 0 Å². The van der Waals surface area contributed by atoms with E-state index >= 15 is 0 Å². The Hall–Kier alpha value is -3.13. The number of Topliss-reactive ketones (excluding diaryl/α,β-unsaturated/α-hetero) is 2. The molecule has 1 aromatic rings. The molecule has 1 saturated carbocycles. The van der Waals surface area contributed by atoms with Crippen LogP contribution in [0.1, 0.15) is 74.6 Å². The van der Waals surface area contributed by atoms with Crippen molar-refractivity contribution in [1.82, 2.24) is 0 Å². The van der Waals surface area contributed by atoms with Crippen LogP contribution >= 0.6 is 0 Å². The standard InChI is InChI=1S/C27H34N2O6/c1-3-4-5-6-7-13-8-15(12-28)22(31)20-17(13)10-14-9-16-11-18(30)21(26(29)35)25(34)27(16,2)24(33)19(14)23(20)32/h8,14,16,31-32,34H,3-7,9-12,28H2,1-2H3,(H2,29,35)/t14-,16+,27-/m1/s1. The fourth-order valence-electron chi connectivity index (χ4n) is 6.21. The van der Waals surface area contributed by atoms with E-state index in [2.05, 4.69) is 6.92 Å². The summed E-state index contributed by atoms with van der Waals surface area (Å²) in [4.78, 5) is 38.3. The zero-order valence-electron chi connectivity index (χ0n) is 20.3. The van der Waals surface area contributed by atoms with Crippen LogP contribution in [0.4, 0.5) is 0 Å². The molecule has 0 unspecified atom stereocenters. The lowest BCUT2D eigenvalue weighted by Gasteiger charge is -2.47. The Balaban J connectivity index is 1.86. The van der Waals surface area contributed by atoms with E-state index in [1.165, 1.54) is 6.92 Å². The molecule has 188 valence electrons. The molecule has 4 rings (SSSR count). The van der Waals surface area contributed by atoms with Crippen molar-refractivity contribution in [1.29, 1.82) is 0 Å². The van der Waals surface area contributed by atoms with Gasteiger partial charge in [0.15, 0.2) is 11.6 Å². The van der Waals surface area contributed by atoms with Crippen LogP contribution < -0.4 is 11.5 Å². The summed E-state index contributed by atoms with van der Waals surface area (Å²) >= 11 is 0. The number of benzene rings is 1. The molecular weight excluding hydrogens is 448 g/mol. The van der Waals surface area contributed by atoms with Crippen LogP contribution in [0, 0.1) is 17.3 Å². The third-order valence-corrected chi connectivity index (χ3v) is 8.24. The highest BCUT2D eigenvalue weighted by atomic mass is 16.3. The molecule has 0 spiro atoms. The molecule has 0 saturated heterocycles. The summed E-state index contributed by atoms with van der Waals surface area (Å²) in [6.45, 7) is 3.71. The first kappa shape index (κ1) is 25.0. The maximum atomic E-state index is 13.8. The first-order chi connectivity index (χ1) is 16.6. The van der Waals surface area contributed by atoms with Crippen molar-refractivity contribution in [3.8, 4) is 5.75 Å². The average Bonchev–Trinajstić information content (AvgIpc) is 2.80. The van der Waals surface area contributed by atoms with Gasteiger partial charge in [0.2, 0.25) is 0 Å². The van der Waals surface area contributed by atoms with Crippen molar-refractivity contribution >= 4 is 23.2 Å². The van der Waals surface area contributed by atoms with Gasteiger partial charge in [-0.15, -0.1) is 0 Å². The Kier molecular flexibility index (Phi) is 6.53. The number of primary amides is 1. The molecule has 0 aliphatic heterocycles. The number of carbonyl (C=O) groups excluding carboxylic acids is 3. The number of hydrogen-bond acceptors (Lipinski definition) is 7. The van der Waals surface area contributed by atoms with Crippen molar-refractivity contribution in [3.05, 3.63) is 45.2 Å². The summed E-state index contributed by atoms with van der Waals surface area (Å²) in [6, 6.07) is 1.89. The van der Waals surface area contributed by atoms with Gasteiger partial charge in [-0.05, 0) is 55.6 Å². The molecule has 3 aliphatic carbocycles. The lowest BCUT2D eigenvalue weighted by atomic mass is 9.54. The van der Waals surface area contributed by atoms with Gasteiger partial charge in [-0.2, -0.15) is 0 Å². The predicted molar refractivity (Wildman–Crippen MR) is 130 cm³/mol. The molecule has 1 amide bonds. The van der Waals surface area contributed by atoms with Crippen molar-refractivity contribution < 1.29 is 29.7 Å². The number of phenolic OH excluding ortho intramolecular Hbond substituents is 1. The van der Waals surface area contributed by atoms with E-state index in [1.807, 2.05) is 6.07 Å². The summed E-state index contributed by atoms with van der Waals surface area (Å²) in [5.74, 6) is -4.18. The Morgan fingerprint density at radius 1 is 1.11 bits per heavy atom. The van der Waals surface area contributed by atoms with Crippen molar-refractivity contribution in [2.75, 3.05) is 0 Å². The number of aliphatic hydroxyl groups is 2. The topological polar surface area (TPSA) is 164 Å². The SMILES string of the molecule is CCCCCCc1cc(CN)c(O)c2c1C[C@H]1C[C@H]3CC(=O)C(C(N)=O)=C(O)[C@@]3(C)C(=O)C1=C2O. The van der Waals surface area contributed by atoms with E-state index in [0.29, 0.717) is 18.4 Å². The molecule has 0 bridgehead atoms. The number of aromatic hydroxyl groups is 1. The second-order valence-corrected chi connectivity index (χ2v) is 10.3. The van der Waals surface area contributed by atoms with Crippen LogP contribution in [-0.4, -0.2) is 32.8 Å². The Morgan fingerprint density at radius 3 is 2.46 bits per heavy atom. The highest BCUT2D eigenvalue weighted by molar-refractivity contribution is 6.22. The van der Waals surface area contributed by atoms with Crippen LogP contribution in [-0.2, 0) is 33.8 Å². The smallest absolute Gasteiger partial charge is 0.255 e. The third kappa shape index (κ3) is 3.75. The third-order valence-electron chi connectivity index (χ3n) is 8.24. The number of amides is 1. The number of nitrogens with two attached hydrogens (primary N) is 2. The number of ketones is 2. The Labute approximate surface area is 204 Å². The number of carbonyl (C=O) groups is 3. The first-order valence-corrected chi connectivity index (χ1v) is 12.4. The molecule has 0 aromatic heterocycles. The molecule has 3 aliphatic rings. The molecule has 1 aromatic carbocycles. The lowest BCUT2D eigenvalue weighted by Crippen LogP contribution is -2.51. The quantitative estimate of drug-likeness (QED) is 0.294. The summed E-state index contributed by atoms with van der Waals surface area (Å²) in [5.41, 5.74) is 11.7. The summed E-state index contributed by atoms with van der Waals surface area (Å²) in [7, 11) is 0. The number of aliphatic hydroxyl groups excluding tert-OH is 2. The molecule has 0 radical (unpaired) electrons. The van der Waals surface area contributed by atoms with Gasteiger partial charge in [0.05, 0.1) is 11.0 Å². The number of allylic oxidation sites excluding steroid dienone is 2. The van der Waals surface area contributed by atoms with E-state index in [4.69, 9.17) is 11.5 Å². The van der Waals surface area contributed by atoms with Gasteiger partial charge in [-0.1, -0.05) is 32.3 Å². The summed E-state index contributed by atoms with van der Waals surface area (Å²) < 4.78 is 0. The normalized spacial score (nSPS) is 25.9. The highest BCUT2D eigenvalue weighted by Crippen LogP contribution is 2.56. The fraction of sp³-hybridized carbons (Fsp3) is 0.519. The number of aryl methyl sites for hydroxylation is 1. The van der Waals surface area contributed by atoms with Gasteiger partial charge in [0, 0.05) is 24.1 Å². The zero-order chi connectivity index (χ0) is 25.7. The van der Waals surface area contributed by atoms with Crippen molar-refractivity contribution in [3.63, 3.8) is 0 Å². The van der Waals surface area contributed by atoms with Crippen LogP contribution in [0.25, 0.3) is 5.76 Å². The van der Waals surface area contributed by atoms with Gasteiger partial charge in [0.25, 0.3) is 5.91 Å². The molecule has 1 fully saturated rings. The minimum absolute atomic E-state index is 0.0778. The summed E-state index contributed by atoms with van der Waals surface area (Å²) in [5, 5.41) is 33.2. The van der Waals surface area contributed by atoms with Crippen LogP contribution in [0.5, 0.6) is 5.75 Å². The molecular formula is C27H34N2O6. The average molecular weight is 483 g/mol. The number of fused-ring (bicyclic) bond motifs is 3.